The number of urea groups is 1. The van der Waals surface area contributed by atoms with Crippen LogP contribution in [0.5, 0.6) is 0 Å². The van der Waals surface area contributed by atoms with Gasteiger partial charge < -0.3 is 19.9 Å². The van der Waals surface area contributed by atoms with Crippen LogP contribution in [0.25, 0.3) is 0 Å². The molecule has 3 aromatic rings. The van der Waals surface area contributed by atoms with Crippen molar-refractivity contribution in [3.63, 3.8) is 0 Å². The number of anilines is 1. The number of rotatable bonds is 3. The molecule has 1 atom stereocenters. The van der Waals surface area contributed by atoms with E-state index < -0.39 is 12.0 Å². The van der Waals surface area contributed by atoms with Crippen molar-refractivity contribution in [3.8, 4) is 0 Å². The summed E-state index contributed by atoms with van der Waals surface area (Å²) in [7, 11) is 1.30. The van der Waals surface area contributed by atoms with Gasteiger partial charge in [-0.2, -0.15) is 0 Å². The van der Waals surface area contributed by atoms with Crippen molar-refractivity contribution in [2.75, 3.05) is 19.0 Å². The zero-order valence-corrected chi connectivity index (χ0v) is 15.7. The highest BCUT2D eigenvalue weighted by atomic mass is 19.1. The Bertz CT molecular complexity index is 1070. The number of hydrogen-bond donors (Lipinski definition) is 2. The summed E-state index contributed by atoms with van der Waals surface area (Å²) in [4.78, 5) is 33.9. The molecule has 0 fully saturated rings. The van der Waals surface area contributed by atoms with Crippen LogP contribution in [0.1, 0.15) is 33.4 Å². The molecule has 2 aromatic carbocycles. The molecule has 2 N–H and O–H groups in total. The van der Waals surface area contributed by atoms with Gasteiger partial charge >= 0.3 is 12.0 Å². The number of nitrogens with one attached hydrogen (secondary N) is 2. The molecule has 0 saturated carbocycles. The third-order valence-electron chi connectivity index (χ3n) is 4.89. The molecule has 148 valence electrons. The summed E-state index contributed by atoms with van der Waals surface area (Å²) in [6.07, 6.45) is 2.19. The number of H-pyrrole nitrogens is 1. The number of amides is 2. The van der Waals surface area contributed by atoms with E-state index in [0.717, 1.165) is 5.69 Å². The average molecular weight is 394 g/mol. The number of nitrogens with zero attached hydrogens (tertiary/aromatic N) is 2. The maximum atomic E-state index is 13.9. The molecule has 1 aromatic heterocycles. The standard InChI is InChI=1S/C21H19FN4O3/c1-29-20(27)14-5-3-7-16(11-14)25-21(28)26-9-8-17-18(24-12-23-17)19(26)13-4-2-6-15(22)10-13/h2-7,10-12,19H,8-9H2,1H3,(H,23,24)(H,25,28)/t19-/m1/s1. The zero-order chi connectivity index (χ0) is 20.4. The molecule has 0 aliphatic carbocycles. The number of carbonyl (C=O) groups is 2. The van der Waals surface area contributed by atoms with Crippen LogP contribution in [-0.2, 0) is 11.2 Å². The Morgan fingerprint density at radius 3 is 2.86 bits per heavy atom. The number of hydrogen-bond acceptors (Lipinski definition) is 4. The van der Waals surface area contributed by atoms with Gasteiger partial charge in [0.1, 0.15) is 11.9 Å². The molecule has 29 heavy (non-hydrogen) atoms. The van der Waals surface area contributed by atoms with Gasteiger partial charge in [-0.3, -0.25) is 0 Å². The molecule has 8 heteroatoms. The summed E-state index contributed by atoms with van der Waals surface area (Å²) in [5, 5.41) is 2.82. The second-order valence-electron chi connectivity index (χ2n) is 6.67. The van der Waals surface area contributed by atoms with Crippen molar-refractivity contribution in [2.45, 2.75) is 12.5 Å². The summed E-state index contributed by atoms with van der Waals surface area (Å²) in [5.41, 5.74) is 3.05. The van der Waals surface area contributed by atoms with Gasteiger partial charge in [-0.25, -0.2) is 19.0 Å². The van der Waals surface area contributed by atoms with Gasteiger partial charge in [0.25, 0.3) is 0 Å². The average Bonchev–Trinajstić information content (AvgIpc) is 3.21. The molecular formula is C21H19FN4O3. The van der Waals surface area contributed by atoms with Crippen molar-refractivity contribution >= 4 is 17.7 Å². The fraction of sp³-hybridized carbons (Fsp3) is 0.190. The summed E-state index contributed by atoms with van der Waals surface area (Å²) >= 11 is 0. The lowest BCUT2D eigenvalue weighted by Gasteiger charge is -2.35. The Morgan fingerprint density at radius 1 is 1.24 bits per heavy atom. The maximum Gasteiger partial charge on any atom is 0.337 e. The van der Waals surface area contributed by atoms with Crippen molar-refractivity contribution in [1.29, 1.82) is 0 Å². The molecule has 4 rings (SSSR count). The number of aromatic nitrogens is 2. The first-order valence-electron chi connectivity index (χ1n) is 9.10. The minimum atomic E-state index is -0.524. The van der Waals surface area contributed by atoms with Gasteiger partial charge in [-0.15, -0.1) is 0 Å². The van der Waals surface area contributed by atoms with Crippen LogP contribution in [0.4, 0.5) is 14.9 Å². The number of imidazole rings is 1. The van der Waals surface area contributed by atoms with E-state index in [4.69, 9.17) is 4.74 Å². The summed E-state index contributed by atoms with van der Waals surface area (Å²) in [5.74, 6) is -0.867. The number of benzene rings is 2. The number of fused-ring (bicyclic) bond motifs is 1. The van der Waals surface area contributed by atoms with Crippen LogP contribution in [0, 0.1) is 5.82 Å². The van der Waals surface area contributed by atoms with Crippen LogP contribution in [0.15, 0.2) is 54.9 Å². The Balaban J connectivity index is 1.64. The van der Waals surface area contributed by atoms with Gasteiger partial charge in [-0.05, 0) is 35.9 Å². The maximum absolute atomic E-state index is 13.9. The number of ether oxygens (including phenoxy) is 1. The van der Waals surface area contributed by atoms with Crippen LogP contribution in [-0.4, -0.2) is 40.5 Å². The molecule has 7 nitrogen and oxygen atoms in total. The molecule has 1 aliphatic heterocycles. The van der Waals surface area contributed by atoms with E-state index in [9.17, 15) is 14.0 Å². The van der Waals surface area contributed by atoms with E-state index in [0.29, 0.717) is 35.5 Å². The predicted molar refractivity (Wildman–Crippen MR) is 104 cm³/mol. The molecule has 0 radical (unpaired) electrons. The SMILES string of the molecule is COC(=O)c1cccc(NC(=O)N2CCc3[nH]cnc3[C@H]2c2cccc(F)c2)c1. The quantitative estimate of drug-likeness (QED) is 0.666. The van der Waals surface area contributed by atoms with Crippen LogP contribution < -0.4 is 5.32 Å². The molecule has 2 heterocycles. The van der Waals surface area contributed by atoms with Crippen molar-refractivity contribution < 1.29 is 18.7 Å². The molecule has 1 aliphatic rings. The first-order chi connectivity index (χ1) is 14.1. The third kappa shape index (κ3) is 3.69. The van der Waals surface area contributed by atoms with Crippen LogP contribution in [0.3, 0.4) is 0 Å². The highest BCUT2D eigenvalue weighted by Crippen LogP contribution is 2.34. The number of halogens is 1. The van der Waals surface area contributed by atoms with Gasteiger partial charge in [0.2, 0.25) is 0 Å². The topological polar surface area (TPSA) is 87.3 Å². The normalized spacial score (nSPS) is 15.5. The summed E-state index contributed by atoms with van der Waals surface area (Å²) in [6.45, 7) is 0.429. The number of aromatic amines is 1. The zero-order valence-electron chi connectivity index (χ0n) is 15.7. The lowest BCUT2D eigenvalue weighted by molar-refractivity contribution is 0.0600. The smallest absolute Gasteiger partial charge is 0.337 e. The number of methoxy groups -OCH3 is 1. The second-order valence-corrected chi connectivity index (χ2v) is 6.67. The second kappa shape index (κ2) is 7.75. The largest absolute Gasteiger partial charge is 0.465 e. The molecule has 0 saturated heterocycles. The Labute approximate surface area is 166 Å². The van der Waals surface area contributed by atoms with E-state index in [1.165, 1.54) is 19.2 Å². The Hall–Kier alpha value is -3.68. The van der Waals surface area contributed by atoms with E-state index in [1.807, 2.05) is 0 Å². The van der Waals surface area contributed by atoms with Crippen LogP contribution >= 0.6 is 0 Å². The molecule has 2 amide bonds. The predicted octanol–water partition coefficient (Wildman–Crippen LogP) is 3.52. The first kappa shape index (κ1) is 18.7. The van der Waals surface area contributed by atoms with Crippen molar-refractivity contribution in [2.24, 2.45) is 0 Å². The Morgan fingerprint density at radius 2 is 2.07 bits per heavy atom. The first-order valence-corrected chi connectivity index (χ1v) is 9.10. The fourth-order valence-electron chi connectivity index (χ4n) is 3.55. The molecule has 0 spiro atoms. The third-order valence-corrected chi connectivity index (χ3v) is 4.89. The van der Waals surface area contributed by atoms with E-state index in [1.54, 1.807) is 47.6 Å². The Kier molecular flexibility index (Phi) is 4.99. The van der Waals surface area contributed by atoms with Crippen LogP contribution in [0.2, 0.25) is 0 Å². The molecule has 0 bridgehead atoms. The minimum Gasteiger partial charge on any atom is -0.465 e. The highest BCUT2D eigenvalue weighted by Gasteiger charge is 2.34. The summed E-state index contributed by atoms with van der Waals surface area (Å²) < 4.78 is 18.6. The van der Waals surface area contributed by atoms with Gasteiger partial charge in [-0.1, -0.05) is 18.2 Å². The molecular weight excluding hydrogens is 375 g/mol. The number of carbonyl (C=O) groups excluding carboxylic acids is 2. The van der Waals surface area contributed by atoms with Gasteiger partial charge in [0, 0.05) is 24.3 Å². The number of esters is 1. The highest BCUT2D eigenvalue weighted by molar-refractivity contribution is 5.94. The van der Waals surface area contributed by atoms with Gasteiger partial charge in [0.15, 0.2) is 0 Å². The summed E-state index contributed by atoms with van der Waals surface area (Å²) in [6, 6.07) is 11.8. The molecule has 0 unspecified atom stereocenters. The van der Waals surface area contributed by atoms with Crippen molar-refractivity contribution in [3.05, 3.63) is 83.2 Å². The lowest BCUT2D eigenvalue weighted by Crippen LogP contribution is -2.43. The van der Waals surface area contributed by atoms with E-state index >= 15 is 0 Å². The van der Waals surface area contributed by atoms with E-state index in [2.05, 4.69) is 15.3 Å². The lowest BCUT2D eigenvalue weighted by atomic mass is 9.96. The minimum absolute atomic E-state index is 0.334. The van der Waals surface area contributed by atoms with E-state index in [-0.39, 0.29) is 11.8 Å². The fourth-order valence-corrected chi connectivity index (χ4v) is 3.55. The van der Waals surface area contributed by atoms with Gasteiger partial charge in [0.05, 0.1) is 24.7 Å². The monoisotopic (exact) mass is 394 g/mol. The van der Waals surface area contributed by atoms with Crippen molar-refractivity contribution in [1.82, 2.24) is 14.9 Å².